The highest BCUT2D eigenvalue weighted by Gasteiger charge is 2.30. The number of benzene rings is 3. The van der Waals surface area contributed by atoms with Crippen LogP contribution in [0, 0.1) is 0 Å². The zero-order valence-corrected chi connectivity index (χ0v) is 22.2. The smallest absolute Gasteiger partial charge is 0.323 e. The van der Waals surface area contributed by atoms with Crippen LogP contribution in [-0.2, 0) is 20.9 Å². The molecule has 3 aromatic rings. The lowest BCUT2D eigenvalue weighted by Gasteiger charge is -2.31. The maximum Gasteiger partial charge on any atom is 0.323 e. The third kappa shape index (κ3) is 6.48. The van der Waals surface area contributed by atoms with Crippen LogP contribution in [0.25, 0.3) is 0 Å². The largest absolute Gasteiger partial charge is 0.494 e. The lowest BCUT2D eigenvalue weighted by atomic mass is 9.96. The molecule has 1 fully saturated rings. The molecule has 206 valence electrons. The van der Waals surface area contributed by atoms with Crippen molar-refractivity contribution in [2.45, 2.75) is 38.3 Å². The Hall–Kier alpha value is -4.66. The molecule has 5 rings (SSSR count). The molecule has 0 saturated carbocycles. The number of nitrogens with one attached hydrogen (secondary N) is 1. The van der Waals surface area contributed by atoms with Crippen molar-refractivity contribution in [2.24, 2.45) is 4.99 Å². The number of ether oxygens (including phenoxy) is 1. The van der Waals surface area contributed by atoms with Crippen LogP contribution in [0.3, 0.4) is 0 Å². The van der Waals surface area contributed by atoms with Gasteiger partial charge in [0.1, 0.15) is 18.8 Å². The van der Waals surface area contributed by atoms with Crippen LogP contribution in [-0.4, -0.2) is 58.3 Å². The van der Waals surface area contributed by atoms with Gasteiger partial charge in [-0.05, 0) is 42.0 Å². The Morgan fingerprint density at radius 3 is 2.33 bits per heavy atom. The zero-order valence-electron chi connectivity index (χ0n) is 22.2. The highest BCUT2D eigenvalue weighted by Crippen LogP contribution is 2.31. The number of carboxylic acid groups (broad SMARTS) is 1. The number of aliphatic carboxylic acids is 1. The van der Waals surface area contributed by atoms with E-state index in [1.54, 1.807) is 0 Å². The molecule has 0 atom stereocenters. The molecule has 0 radical (unpaired) electrons. The average Bonchev–Trinajstić information content (AvgIpc) is 3.32. The Kier molecular flexibility index (Phi) is 8.39. The lowest BCUT2D eigenvalue weighted by Crippen LogP contribution is -2.39. The molecule has 0 spiro atoms. The first kappa shape index (κ1) is 26.9. The van der Waals surface area contributed by atoms with Crippen molar-refractivity contribution >= 4 is 29.4 Å². The molecule has 2 aliphatic heterocycles. The molecule has 3 aromatic carbocycles. The van der Waals surface area contributed by atoms with Gasteiger partial charge < -0.3 is 19.6 Å². The number of rotatable bonds is 12. The Morgan fingerprint density at radius 2 is 1.65 bits per heavy atom. The van der Waals surface area contributed by atoms with Gasteiger partial charge in [0, 0.05) is 19.0 Å². The molecule has 2 heterocycles. The van der Waals surface area contributed by atoms with Crippen molar-refractivity contribution in [3.8, 4) is 5.75 Å². The Balaban J connectivity index is 1.14. The predicted octanol–water partition coefficient (Wildman–Crippen LogP) is 4.26. The second-order valence-electron chi connectivity index (χ2n) is 9.93. The van der Waals surface area contributed by atoms with Crippen LogP contribution >= 0.6 is 0 Å². The molecule has 2 aliphatic rings. The molecule has 9 nitrogen and oxygen atoms in total. The summed E-state index contributed by atoms with van der Waals surface area (Å²) in [5.74, 6) is -0.000828. The van der Waals surface area contributed by atoms with E-state index in [4.69, 9.17) is 4.74 Å². The number of carbonyl (C=O) groups is 3. The number of aliphatic imine (C=N–C) groups is 1. The average molecular weight is 541 g/mol. The maximum atomic E-state index is 13.3. The molecular formula is C31H32N4O5. The molecule has 0 unspecified atom stereocenters. The number of hydrogen-bond acceptors (Lipinski definition) is 6. The topological polar surface area (TPSA) is 112 Å². The summed E-state index contributed by atoms with van der Waals surface area (Å²) in [6.45, 7) is 1.07. The van der Waals surface area contributed by atoms with E-state index < -0.39 is 12.0 Å². The minimum Gasteiger partial charge on any atom is -0.494 e. The monoisotopic (exact) mass is 540 g/mol. The van der Waals surface area contributed by atoms with Crippen molar-refractivity contribution in [3.05, 3.63) is 95.6 Å². The molecule has 2 amide bonds. The number of unbranched alkanes of at least 4 members (excludes halogenated alkanes) is 2. The van der Waals surface area contributed by atoms with Crippen LogP contribution in [0.4, 0.5) is 5.69 Å². The number of fused-ring (bicyclic) bond motifs is 2. The summed E-state index contributed by atoms with van der Waals surface area (Å²) >= 11 is 0. The lowest BCUT2D eigenvalue weighted by molar-refractivity contribution is -0.145. The first-order valence-electron chi connectivity index (χ1n) is 13.5. The summed E-state index contributed by atoms with van der Waals surface area (Å²) in [6.07, 6.45) is 2.40. The zero-order chi connectivity index (χ0) is 27.9. The van der Waals surface area contributed by atoms with Crippen LogP contribution in [0.2, 0.25) is 0 Å². The van der Waals surface area contributed by atoms with Crippen LogP contribution in [0.5, 0.6) is 5.75 Å². The van der Waals surface area contributed by atoms with Crippen molar-refractivity contribution in [2.75, 3.05) is 19.7 Å². The molecule has 9 heteroatoms. The van der Waals surface area contributed by atoms with Crippen LogP contribution in [0.1, 0.15) is 48.4 Å². The number of amides is 2. The minimum absolute atomic E-state index is 0.0526. The summed E-state index contributed by atoms with van der Waals surface area (Å²) in [7, 11) is 0. The second kappa shape index (κ2) is 12.5. The molecular weight excluding hydrogens is 508 g/mol. The first-order valence-corrected chi connectivity index (χ1v) is 13.5. The SMILES string of the molecule is O=C(O)CN(C(=O)CCCCCOc1ccc2c(c1)N=C1NC(=O)CN1C2)C(c1ccccc1)c1ccccc1. The molecule has 0 bridgehead atoms. The number of nitrogens with zero attached hydrogens (tertiary/aromatic N) is 3. The standard InChI is InChI=1S/C31H32N4O5/c36-27-20-34-19-24-15-16-25(18-26(24)32-31(34)33-27)40-17-9-3-8-14-28(37)35(21-29(38)39)30(22-10-4-1-5-11-22)23-12-6-2-7-13-23/h1-2,4-7,10-13,15-16,18,30H,3,8-9,14,17,19-21H2,(H,38,39)(H,32,33,36). The van der Waals surface area contributed by atoms with Crippen molar-refractivity contribution in [1.82, 2.24) is 15.1 Å². The van der Waals surface area contributed by atoms with Crippen molar-refractivity contribution in [1.29, 1.82) is 0 Å². The van der Waals surface area contributed by atoms with Gasteiger partial charge in [0.15, 0.2) is 0 Å². The third-order valence-corrected chi connectivity index (χ3v) is 7.00. The number of hydrogen-bond donors (Lipinski definition) is 2. The van der Waals surface area contributed by atoms with Crippen LogP contribution < -0.4 is 10.1 Å². The fourth-order valence-electron chi connectivity index (χ4n) is 5.09. The van der Waals surface area contributed by atoms with Gasteiger partial charge in [-0.1, -0.05) is 66.7 Å². The van der Waals surface area contributed by atoms with E-state index in [1.165, 1.54) is 4.90 Å². The Bertz CT molecular complexity index is 1350. The van der Waals surface area contributed by atoms with E-state index in [0.717, 1.165) is 35.2 Å². The highest BCUT2D eigenvalue weighted by atomic mass is 16.5. The molecule has 40 heavy (non-hydrogen) atoms. The van der Waals surface area contributed by atoms with Crippen molar-refractivity contribution in [3.63, 3.8) is 0 Å². The summed E-state index contributed by atoms with van der Waals surface area (Å²) < 4.78 is 5.92. The second-order valence-corrected chi connectivity index (χ2v) is 9.93. The fraction of sp³-hybridized carbons (Fsp3) is 0.290. The molecule has 2 N–H and O–H groups in total. The predicted molar refractivity (Wildman–Crippen MR) is 150 cm³/mol. The normalized spacial score (nSPS) is 13.8. The van der Waals surface area contributed by atoms with Gasteiger partial charge in [-0.25, -0.2) is 4.99 Å². The number of guanidine groups is 1. The highest BCUT2D eigenvalue weighted by molar-refractivity contribution is 6.05. The quantitative estimate of drug-likeness (QED) is 0.332. The molecule has 1 saturated heterocycles. The van der Waals surface area contributed by atoms with Gasteiger partial charge in [0.2, 0.25) is 17.8 Å². The Morgan fingerprint density at radius 1 is 0.950 bits per heavy atom. The van der Waals surface area contributed by atoms with E-state index in [-0.39, 0.29) is 24.8 Å². The summed E-state index contributed by atoms with van der Waals surface area (Å²) in [6, 6.07) is 24.3. The van der Waals surface area contributed by atoms with Crippen molar-refractivity contribution < 1.29 is 24.2 Å². The molecule has 0 aliphatic carbocycles. The number of carbonyl (C=O) groups excluding carboxylic acids is 2. The molecule has 0 aromatic heterocycles. The van der Waals surface area contributed by atoms with E-state index in [1.807, 2.05) is 83.8 Å². The van der Waals surface area contributed by atoms with Crippen LogP contribution in [0.15, 0.2) is 83.9 Å². The van der Waals surface area contributed by atoms with Gasteiger partial charge in [-0.3, -0.25) is 19.7 Å². The van der Waals surface area contributed by atoms with E-state index in [9.17, 15) is 19.5 Å². The van der Waals surface area contributed by atoms with E-state index >= 15 is 0 Å². The first-order chi connectivity index (χ1) is 19.5. The van der Waals surface area contributed by atoms with Gasteiger partial charge in [0.05, 0.1) is 18.3 Å². The summed E-state index contributed by atoms with van der Waals surface area (Å²) in [5.41, 5.74) is 3.58. The fourth-order valence-corrected chi connectivity index (χ4v) is 5.09. The van der Waals surface area contributed by atoms with Gasteiger partial charge in [-0.15, -0.1) is 0 Å². The maximum absolute atomic E-state index is 13.3. The third-order valence-electron chi connectivity index (χ3n) is 7.00. The Labute approximate surface area is 233 Å². The summed E-state index contributed by atoms with van der Waals surface area (Å²) in [4.78, 5) is 44.6. The van der Waals surface area contributed by atoms with Gasteiger partial charge in [0.25, 0.3) is 0 Å². The van der Waals surface area contributed by atoms with E-state index in [0.29, 0.717) is 37.8 Å². The summed E-state index contributed by atoms with van der Waals surface area (Å²) in [5, 5.41) is 12.4. The van der Waals surface area contributed by atoms with E-state index in [2.05, 4.69) is 10.3 Å². The minimum atomic E-state index is -1.04. The number of carboxylic acids is 1. The van der Waals surface area contributed by atoms with Gasteiger partial charge in [-0.2, -0.15) is 0 Å². The van der Waals surface area contributed by atoms with Gasteiger partial charge >= 0.3 is 5.97 Å².